The molecule has 1 N–H and O–H groups in total. The lowest BCUT2D eigenvalue weighted by Gasteiger charge is -2.32. The highest BCUT2D eigenvalue weighted by molar-refractivity contribution is 9.10. The molecule has 1 aromatic carbocycles. The fourth-order valence-electron chi connectivity index (χ4n) is 3.13. The molecule has 4 heteroatoms. The topological polar surface area (TPSA) is 24.5 Å². The summed E-state index contributed by atoms with van der Waals surface area (Å²) in [6, 6.07) is 4.95. The van der Waals surface area contributed by atoms with Crippen LogP contribution in [0.2, 0.25) is 0 Å². The smallest absolute Gasteiger partial charge is 0.126 e. The standard InChI is InChI=1S/C17H27BrN2O/c1-13-10-15(18)11-14(12-19-2)17(13)21-9-7-16-6-4-5-8-20(16)3/h10-11,16,19H,4-9,12H2,1-3H3. The van der Waals surface area contributed by atoms with Gasteiger partial charge >= 0.3 is 0 Å². The largest absolute Gasteiger partial charge is 0.493 e. The Morgan fingerprint density at radius 3 is 2.90 bits per heavy atom. The number of rotatable bonds is 6. The van der Waals surface area contributed by atoms with Crippen molar-refractivity contribution in [3.8, 4) is 5.75 Å². The minimum absolute atomic E-state index is 0.683. The summed E-state index contributed by atoms with van der Waals surface area (Å²) >= 11 is 3.57. The summed E-state index contributed by atoms with van der Waals surface area (Å²) in [6.07, 6.45) is 5.12. The highest BCUT2D eigenvalue weighted by Gasteiger charge is 2.19. The SMILES string of the molecule is CNCc1cc(Br)cc(C)c1OCCC1CCCCN1C. The van der Waals surface area contributed by atoms with Gasteiger partial charge in [-0.25, -0.2) is 0 Å². The molecule has 21 heavy (non-hydrogen) atoms. The van der Waals surface area contributed by atoms with Crippen molar-refractivity contribution < 1.29 is 4.74 Å². The number of ether oxygens (including phenoxy) is 1. The van der Waals surface area contributed by atoms with E-state index < -0.39 is 0 Å². The van der Waals surface area contributed by atoms with E-state index in [1.807, 2.05) is 7.05 Å². The van der Waals surface area contributed by atoms with Crippen molar-refractivity contribution in [3.05, 3.63) is 27.7 Å². The average molecular weight is 355 g/mol. The molecule has 0 radical (unpaired) electrons. The van der Waals surface area contributed by atoms with Gasteiger partial charge in [-0.2, -0.15) is 0 Å². The molecule has 2 rings (SSSR count). The van der Waals surface area contributed by atoms with Crippen molar-refractivity contribution in [2.75, 3.05) is 27.2 Å². The van der Waals surface area contributed by atoms with E-state index in [4.69, 9.17) is 4.74 Å². The highest BCUT2D eigenvalue weighted by Crippen LogP contribution is 2.28. The number of halogens is 1. The van der Waals surface area contributed by atoms with E-state index >= 15 is 0 Å². The van der Waals surface area contributed by atoms with Crippen LogP contribution >= 0.6 is 15.9 Å². The van der Waals surface area contributed by atoms with Crippen LogP contribution in [-0.2, 0) is 6.54 Å². The van der Waals surface area contributed by atoms with Crippen LogP contribution in [-0.4, -0.2) is 38.2 Å². The zero-order valence-electron chi connectivity index (χ0n) is 13.4. The lowest BCUT2D eigenvalue weighted by Crippen LogP contribution is -2.37. The molecule has 0 amide bonds. The molecule has 1 fully saturated rings. The summed E-state index contributed by atoms with van der Waals surface area (Å²) in [7, 11) is 4.21. The molecule has 0 bridgehead atoms. The number of aryl methyl sites for hydroxylation is 1. The molecule has 0 aliphatic carbocycles. The van der Waals surface area contributed by atoms with Gasteiger partial charge in [0.25, 0.3) is 0 Å². The zero-order chi connectivity index (χ0) is 15.2. The van der Waals surface area contributed by atoms with Crippen LogP contribution < -0.4 is 10.1 Å². The van der Waals surface area contributed by atoms with Crippen LogP contribution in [0.25, 0.3) is 0 Å². The molecule has 118 valence electrons. The lowest BCUT2D eigenvalue weighted by molar-refractivity contribution is 0.152. The van der Waals surface area contributed by atoms with Crippen molar-refractivity contribution >= 4 is 15.9 Å². The van der Waals surface area contributed by atoms with Gasteiger partial charge in [0.15, 0.2) is 0 Å². The Hall–Kier alpha value is -0.580. The van der Waals surface area contributed by atoms with Crippen LogP contribution in [0.3, 0.4) is 0 Å². The van der Waals surface area contributed by atoms with E-state index in [2.05, 4.69) is 52.3 Å². The third-order valence-corrected chi connectivity index (χ3v) is 4.76. The van der Waals surface area contributed by atoms with Crippen LogP contribution in [0.4, 0.5) is 0 Å². The Bertz CT molecular complexity index is 464. The Morgan fingerprint density at radius 1 is 1.38 bits per heavy atom. The van der Waals surface area contributed by atoms with Crippen molar-refractivity contribution in [1.82, 2.24) is 10.2 Å². The summed E-state index contributed by atoms with van der Waals surface area (Å²) in [5.41, 5.74) is 2.42. The third kappa shape index (κ3) is 4.70. The van der Waals surface area contributed by atoms with Crippen LogP contribution in [0.15, 0.2) is 16.6 Å². The van der Waals surface area contributed by atoms with E-state index in [-0.39, 0.29) is 0 Å². The Balaban J connectivity index is 1.95. The van der Waals surface area contributed by atoms with Gasteiger partial charge in [-0.1, -0.05) is 22.4 Å². The molecule has 0 spiro atoms. The average Bonchev–Trinajstić information content (AvgIpc) is 2.44. The molecule has 1 saturated heterocycles. The molecule has 1 atom stereocenters. The zero-order valence-corrected chi connectivity index (χ0v) is 15.0. The predicted octanol–water partition coefficient (Wildman–Crippen LogP) is 3.73. The first-order valence-electron chi connectivity index (χ1n) is 7.88. The van der Waals surface area contributed by atoms with Gasteiger partial charge in [-0.15, -0.1) is 0 Å². The number of piperidine rings is 1. The second-order valence-corrected chi connectivity index (χ2v) is 6.92. The molecule has 1 unspecified atom stereocenters. The number of nitrogens with zero attached hydrogens (tertiary/aromatic N) is 1. The van der Waals surface area contributed by atoms with Gasteiger partial charge in [0.05, 0.1) is 6.61 Å². The van der Waals surface area contributed by atoms with Gasteiger partial charge < -0.3 is 15.0 Å². The molecule has 1 aromatic rings. The van der Waals surface area contributed by atoms with Gasteiger partial charge in [0.1, 0.15) is 5.75 Å². The van der Waals surface area contributed by atoms with Crippen LogP contribution in [0.1, 0.15) is 36.8 Å². The Kier molecular flexibility index (Phi) is 6.52. The first kappa shape index (κ1) is 16.8. The molecule has 1 aliphatic heterocycles. The normalized spacial score (nSPS) is 19.7. The summed E-state index contributed by atoms with van der Waals surface area (Å²) < 4.78 is 7.25. The molecular weight excluding hydrogens is 328 g/mol. The Morgan fingerprint density at radius 2 is 2.19 bits per heavy atom. The predicted molar refractivity (Wildman–Crippen MR) is 92.0 cm³/mol. The minimum Gasteiger partial charge on any atom is -0.493 e. The number of benzene rings is 1. The van der Waals surface area contributed by atoms with Gasteiger partial charge in [-0.3, -0.25) is 0 Å². The Labute approximate surface area is 137 Å². The molecule has 3 nitrogen and oxygen atoms in total. The van der Waals surface area contributed by atoms with E-state index in [0.29, 0.717) is 6.04 Å². The second kappa shape index (κ2) is 8.16. The maximum absolute atomic E-state index is 6.14. The first-order chi connectivity index (χ1) is 10.1. The van der Waals surface area contributed by atoms with Crippen LogP contribution in [0.5, 0.6) is 5.75 Å². The maximum Gasteiger partial charge on any atom is 0.126 e. The number of hydrogen-bond acceptors (Lipinski definition) is 3. The van der Waals surface area contributed by atoms with Crippen molar-refractivity contribution in [3.63, 3.8) is 0 Å². The summed E-state index contributed by atoms with van der Waals surface area (Å²) in [4.78, 5) is 2.48. The highest BCUT2D eigenvalue weighted by atomic mass is 79.9. The van der Waals surface area contributed by atoms with E-state index in [0.717, 1.165) is 29.8 Å². The minimum atomic E-state index is 0.683. The van der Waals surface area contributed by atoms with Gasteiger partial charge in [-0.05, 0) is 64.5 Å². The van der Waals surface area contributed by atoms with Crippen molar-refractivity contribution in [2.45, 2.75) is 45.2 Å². The molecule has 1 aliphatic rings. The molecule has 1 heterocycles. The maximum atomic E-state index is 6.14. The molecule has 0 aromatic heterocycles. The van der Waals surface area contributed by atoms with E-state index in [1.54, 1.807) is 0 Å². The fourth-order valence-corrected chi connectivity index (χ4v) is 3.75. The summed E-state index contributed by atoms with van der Waals surface area (Å²) in [5.74, 6) is 1.05. The van der Waals surface area contributed by atoms with Crippen LogP contribution in [0, 0.1) is 6.92 Å². The monoisotopic (exact) mass is 354 g/mol. The number of hydrogen-bond donors (Lipinski definition) is 1. The van der Waals surface area contributed by atoms with Gasteiger partial charge in [0.2, 0.25) is 0 Å². The van der Waals surface area contributed by atoms with Crippen molar-refractivity contribution in [1.29, 1.82) is 0 Å². The molecule has 0 saturated carbocycles. The summed E-state index contributed by atoms with van der Waals surface area (Å²) in [5, 5.41) is 3.22. The first-order valence-corrected chi connectivity index (χ1v) is 8.67. The van der Waals surface area contributed by atoms with E-state index in [9.17, 15) is 0 Å². The third-order valence-electron chi connectivity index (χ3n) is 4.30. The van der Waals surface area contributed by atoms with Crippen molar-refractivity contribution in [2.24, 2.45) is 0 Å². The van der Waals surface area contributed by atoms with E-state index in [1.165, 1.54) is 36.9 Å². The molecular formula is C17H27BrN2O. The van der Waals surface area contributed by atoms with Gasteiger partial charge in [0, 0.05) is 22.6 Å². The fraction of sp³-hybridized carbons (Fsp3) is 0.647. The quantitative estimate of drug-likeness (QED) is 0.842. The number of likely N-dealkylation sites (tertiary alicyclic amines) is 1. The summed E-state index contributed by atoms with van der Waals surface area (Å²) in [6.45, 7) is 4.98. The lowest BCUT2D eigenvalue weighted by atomic mass is 10.0. The number of nitrogens with one attached hydrogen (secondary N) is 1. The second-order valence-electron chi connectivity index (χ2n) is 6.01.